The van der Waals surface area contributed by atoms with Crippen LogP contribution in [-0.2, 0) is 0 Å². The van der Waals surface area contributed by atoms with Gasteiger partial charge in [-0.25, -0.2) is 4.98 Å². The molecule has 0 aliphatic carbocycles. The SMILES string of the molecule is COc1ncccc1[C@@H](C)n1cc([N+](=O)[O-])cn1. The Hall–Kier alpha value is -2.44. The van der Waals surface area contributed by atoms with E-state index in [-0.39, 0.29) is 11.7 Å². The molecule has 2 heterocycles. The number of pyridine rings is 1. The first kappa shape index (κ1) is 12.0. The lowest BCUT2D eigenvalue weighted by Crippen LogP contribution is -2.09. The largest absolute Gasteiger partial charge is 0.481 e. The van der Waals surface area contributed by atoms with Gasteiger partial charge in [-0.05, 0) is 19.1 Å². The average Bonchev–Trinajstić information content (AvgIpc) is 2.87. The highest BCUT2D eigenvalue weighted by molar-refractivity contribution is 5.30. The van der Waals surface area contributed by atoms with E-state index in [9.17, 15) is 10.1 Å². The molecule has 0 aliphatic heterocycles. The van der Waals surface area contributed by atoms with Gasteiger partial charge in [0, 0.05) is 11.8 Å². The van der Waals surface area contributed by atoms with Crippen molar-refractivity contribution in [1.82, 2.24) is 14.8 Å². The van der Waals surface area contributed by atoms with Gasteiger partial charge in [0.05, 0.1) is 18.1 Å². The summed E-state index contributed by atoms with van der Waals surface area (Å²) in [6, 6.07) is 3.44. The van der Waals surface area contributed by atoms with E-state index in [1.807, 2.05) is 13.0 Å². The fourth-order valence-corrected chi connectivity index (χ4v) is 1.67. The van der Waals surface area contributed by atoms with Crippen LogP contribution in [0.1, 0.15) is 18.5 Å². The molecule has 0 radical (unpaired) electrons. The summed E-state index contributed by atoms with van der Waals surface area (Å²) >= 11 is 0. The minimum atomic E-state index is -0.476. The third kappa shape index (κ3) is 2.15. The van der Waals surface area contributed by atoms with E-state index in [0.29, 0.717) is 5.88 Å². The highest BCUT2D eigenvalue weighted by Gasteiger charge is 2.17. The minimum Gasteiger partial charge on any atom is -0.481 e. The van der Waals surface area contributed by atoms with Gasteiger partial charge in [0.1, 0.15) is 12.4 Å². The van der Waals surface area contributed by atoms with Crippen LogP contribution in [0.15, 0.2) is 30.7 Å². The van der Waals surface area contributed by atoms with Crippen LogP contribution in [0, 0.1) is 10.1 Å². The second-order valence-electron chi connectivity index (χ2n) is 3.71. The van der Waals surface area contributed by atoms with Crippen molar-refractivity contribution < 1.29 is 9.66 Å². The number of nitro groups is 1. The molecule has 0 saturated carbocycles. The maximum atomic E-state index is 10.6. The quantitative estimate of drug-likeness (QED) is 0.608. The van der Waals surface area contributed by atoms with Gasteiger partial charge in [-0.1, -0.05) is 0 Å². The Morgan fingerprint density at radius 1 is 1.56 bits per heavy atom. The number of hydrogen-bond acceptors (Lipinski definition) is 5. The third-order valence-electron chi connectivity index (χ3n) is 2.64. The number of hydrogen-bond donors (Lipinski definition) is 0. The maximum absolute atomic E-state index is 10.6. The first-order valence-corrected chi connectivity index (χ1v) is 5.31. The predicted octanol–water partition coefficient (Wildman–Crippen LogP) is 1.80. The molecule has 1 atom stereocenters. The van der Waals surface area contributed by atoms with Gasteiger partial charge < -0.3 is 4.74 Å². The highest BCUT2D eigenvalue weighted by atomic mass is 16.6. The van der Waals surface area contributed by atoms with Crippen molar-refractivity contribution in [3.8, 4) is 5.88 Å². The second kappa shape index (κ2) is 4.82. The maximum Gasteiger partial charge on any atom is 0.307 e. The monoisotopic (exact) mass is 248 g/mol. The van der Waals surface area contributed by atoms with Crippen molar-refractivity contribution in [2.24, 2.45) is 0 Å². The number of rotatable bonds is 4. The number of aromatic nitrogens is 3. The smallest absolute Gasteiger partial charge is 0.307 e. The van der Waals surface area contributed by atoms with Crippen molar-refractivity contribution >= 4 is 5.69 Å². The first-order chi connectivity index (χ1) is 8.63. The van der Waals surface area contributed by atoms with Crippen LogP contribution in [0.5, 0.6) is 5.88 Å². The van der Waals surface area contributed by atoms with E-state index in [1.165, 1.54) is 24.2 Å². The molecular formula is C11H12N4O3. The van der Waals surface area contributed by atoms with E-state index in [1.54, 1.807) is 12.3 Å². The average molecular weight is 248 g/mol. The van der Waals surface area contributed by atoms with Crippen molar-refractivity contribution in [3.63, 3.8) is 0 Å². The minimum absolute atomic E-state index is 0.0373. The Labute approximate surface area is 103 Å². The Balaban J connectivity index is 2.35. The number of nitrogens with zero attached hydrogens (tertiary/aromatic N) is 4. The van der Waals surface area contributed by atoms with Gasteiger partial charge in [-0.3, -0.25) is 14.8 Å². The highest BCUT2D eigenvalue weighted by Crippen LogP contribution is 2.25. The van der Waals surface area contributed by atoms with Crippen LogP contribution >= 0.6 is 0 Å². The zero-order chi connectivity index (χ0) is 13.1. The summed E-state index contributed by atoms with van der Waals surface area (Å²) in [6.45, 7) is 1.87. The lowest BCUT2D eigenvalue weighted by molar-refractivity contribution is -0.385. The predicted molar refractivity (Wildman–Crippen MR) is 63.5 cm³/mol. The molecule has 0 aromatic carbocycles. The van der Waals surface area contributed by atoms with Gasteiger partial charge in [0.15, 0.2) is 0 Å². The molecule has 0 unspecified atom stereocenters. The van der Waals surface area contributed by atoms with Crippen LogP contribution in [0.4, 0.5) is 5.69 Å². The molecule has 0 amide bonds. The molecule has 2 aromatic rings. The van der Waals surface area contributed by atoms with Crippen LogP contribution in [0.3, 0.4) is 0 Å². The first-order valence-electron chi connectivity index (χ1n) is 5.31. The molecule has 2 rings (SSSR count). The molecule has 7 heteroatoms. The van der Waals surface area contributed by atoms with Crippen molar-refractivity contribution in [3.05, 3.63) is 46.4 Å². The van der Waals surface area contributed by atoms with Gasteiger partial charge in [0.25, 0.3) is 0 Å². The molecule has 18 heavy (non-hydrogen) atoms. The van der Waals surface area contributed by atoms with Crippen molar-refractivity contribution in [2.45, 2.75) is 13.0 Å². The molecule has 0 N–H and O–H groups in total. The van der Waals surface area contributed by atoms with Gasteiger partial charge in [0.2, 0.25) is 5.88 Å². The van der Waals surface area contributed by atoms with Crippen LogP contribution in [-0.4, -0.2) is 26.8 Å². The van der Waals surface area contributed by atoms with E-state index in [0.717, 1.165) is 5.56 Å². The number of methoxy groups -OCH3 is 1. The van der Waals surface area contributed by atoms with Crippen LogP contribution in [0.25, 0.3) is 0 Å². The molecule has 0 aliphatic rings. The molecule has 0 fully saturated rings. The third-order valence-corrected chi connectivity index (χ3v) is 2.64. The number of ether oxygens (including phenoxy) is 1. The van der Waals surface area contributed by atoms with E-state index >= 15 is 0 Å². The molecule has 7 nitrogen and oxygen atoms in total. The molecular weight excluding hydrogens is 236 g/mol. The van der Waals surface area contributed by atoms with Crippen LogP contribution in [0.2, 0.25) is 0 Å². The summed E-state index contributed by atoms with van der Waals surface area (Å²) in [6.07, 6.45) is 4.23. The van der Waals surface area contributed by atoms with Gasteiger partial charge in [-0.15, -0.1) is 0 Å². The Morgan fingerprint density at radius 2 is 2.33 bits per heavy atom. The Bertz CT molecular complexity index is 567. The second-order valence-corrected chi connectivity index (χ2v) is 3.71. The summed E-state index contributed by atoms with van der Waals surface area (Å²) in [5, 5.41) is 14.6. The Morgan fingerprint density at radius 3 is 2.94 bits per heavy atom. The fraction of sp³-hybridized carbons (Fsp3) is 0.273. The van der Waals surface area contributed by atoms with Gasteiger partial charge in [-0.2, -0.15) is 5.10 Å². The molecule has 0 saturated heterocycles. The van der Waals surface area contributed by atoms with E-state index in [2.05, 4.69) is 10.1 Å². The topological polar surface area (TPSA) is 83.1 Å². The van der Waals surface area contributed by atoms with Crippen LogP contribution < -0.4 is 4.74 Å². The zero-order valence-electron chi connectivity index (χ0n) is 9.98. The van der Waals surface area contributed by atoms with E-state index in [4.69, 9.17) is 4.74 Å². The summed E-state index contributed by atoms with van der Waals surface area (Å²) in [5.74, 6) is 0.489. The van der Waals surface area contributed by atoms with Crippen molar-refractivity contribution in [1.29, 1.82) is 0 Å². The van der Waals surface area contributed by atoms with E-state index < -0.39 is 4.92 Å². The fourth-order valence-electron chi connectivity index (χ4n) is 1.67. The lowest BCUT2D eigenvalue weighted by Gasteiger charge is -2.14. The lowest BCUT2D eigenvalue weighted by atomic mass is 10.1. The summed E-state index contributed by atoms with van der Waals surface area (Å²) in [4.78, 5) is 14.2. The summed E-state index contributed by atoms with van der Waals surface area (Å²) < 4.78 is 6.67. The molecule has 94 valence electrons. The Kier molecular flexibility index (Phi) is 3.22. The molecule has 0 bridgehead atoms. The molecule has 2 aromatic heterocycles. The summed E-state index contributed by atoms with van der Waals surface area (Å²) in [7, 11) is 1.53. The standard InChI is InChI=1S/C11H12N4O3/c1-8(10-4-3-5-12-11(10)18-2)14-7-9(6-13-14)15(16)17/h3-8H,1-2H3/t8-/m1/s1. The normalized spacial score (nSPS) is 12.1. The summed E-state index contributed by atoms with van der Waals surface area (Å²) in [5.41, 5.74) is 0.780. The van der Waals surface area contributed by atoms with Crippen molar-refractivity contribution in [2.75, 3.05) is 7.11 Å². The zero-order valence-corrected chi connectivity index (χ0v) is 9.98. The molecule has 0 spiro atoms. The van der Waals surface area contributed by atoms with Gasteiger partial charge >= 0.3 is 5.69 Å².